The first kappa shape index (κ1) is 11.8. The van der Waals surface area contributed by atoms with E-state index in [0.29, 0.717) is 5.41 Å². The Hall–Kier alpha value is -1.22. The van der Waals surface area contributed by atoms with Crippen molar-refractivity contribution in [2.45, 2.75) is 25.2 Å². The number of nitrogens with zero attached hydrogens (tertiary/aromatic N) is 1. The molecule has 2 aliphatic rings. The molecule has 3 heteroatoms. The third-order valence-electron chi connectivity index (χ3n) is 4.36. The van der Waals surface area contributed by atoms with Gasteiger partial charge in [0.1, 0.15) is 0 Å². The van der Waals surface area contributed by atoms with Crippen molar-refractivity contribution in [3.8, 4) is 0 Å². The highest BCUT2D eigenvalue weighted by Crippen LogP contribution is 2.54. The van der Waals surface area contributed by atoms with E-state index in [0.717, 1.165) is 26.2 Å². The highest BCUT2D eigenvalue weighted by Gasteiger charge is 2.48. The topological polar surface area (TPSA) is 24.5 Å². The molecule has 1 fully saturated rings. The molecule has 1 aliphatic carbocycles. The molecule has 1 aromatic rings. The summed E-state index contributed by atoms with van der Waals surface area (Å²) in [6.07, 6.45) is 2.71. The Balaban J connectivity index is 1.81. The predicted molar refractivity (Wildman–Crippen MR) is 75.6 cm³/mol. The summed E-state index contributed by atoms with van der Waals surface area (Å²) in [7, 11) is 1.76. The smallest absolute Gasteiger partial charge is 0.0637 e. The first-order valence-electron chi connectivity index (χ1n) is 6.91. The van der Waals surface area contributed by atoms with Crippen molar-refractivity contribution in [1.29, 1.82) is 0 Å². The van der Waals surface area contributed by atoms with Crippen LogP contribution in [0.2, 0.25) is 0 Å². The van der Waals surface area contributed by atoms with Crippen molar-refractivity contribution in [2.24, 2.45) is 0 Å². The third kappa shape index (κ3) is 1.87. The van der Waals surface area contributed by atoms with Crippen LogP contribution in [0.1, 0.15) is 25.3 Å². The highest BCUT2D eigenvalue weighted by molar-refractivity contribution is 5.69. The molecule has 1 aromatic carbocycles. The molecule has 0 radical (unpaired) electrons. The summed E-state index contributed by atoms with van der Waals surface area (Å²) >= 11 is 0. The van der Waals surface area contributed by atoms with Gasteiger partial charge < -0.3 is 15.0 Å². The minimum atomic E-state index is 0.497. The molecule has 1 spiro atoms. The van der Waals surface area contributed by atoms with Gasteiger partial charge in [-0.3, -0.25) is 0 Å². The number of hydrogen-bond donors (Lipinski definition) is 1. The van der Waals surface area contributed by atoms with Crippen molar-refractivity contribution < 1.29 is 4.74 Å². The number of rotatable bonds is 5. The maximum atomic E-state index is 5.17. The lowest BCUT2D eigenvalue weighted by Crippen LogP contribution is -2.26. The summed E-state index contributed by atoms with van der Waals surface area (Å²) in [5.74, 6) is 0. The number of ether oxygens (including phenoxy) is 1. The molecule has 0 atom stereocenters. The first-order valence-corrected chi connectivity index (χ1v) is 6.91. The molecule has 0 bridgehead atoms. The zero-order valence-corrected chi connectivity index (χ0v) is 11.3. The first-order chi connectivity index (χ1) is 8.79. The molecule has 3 nitrogen and oxygen atoms in total. The Bertz CT molecular complexity index is 440. The van der Waals surface area contributed by atoms with E-state index in [-0.39, 0.29) is 0 Å². The number of methoxy groups -OCH3 is 1. The molecule has 0 aromatic heterocycles. The number of anilines is 2. The van der Waals surface area contributed by atoms with Crippen LogP contribution in [0.5, 0.6) is 0 Å². The zero-order chi connectivity index (χ0) is 12.6. The Morgan fingerprint density at radius 3 is 2.89 bits per heavy atom. The van der Waals surface area contributed by atoms with E-state index < -0.39 is 0 Å². The van der Waals surface area contributed by atoms with E-state index in [1.165, 1.54) is 29.8 Å². The van der Waals surface area contributed by atoms with Crippen molar-refractivity contribution in [3.63, 3.8) is 0 Å². The van der Waals surface area contributed by atoms with Gasteiger partial charge in [-0.25, -0.2) is 0 Å². The van der Waals surface area contributed by atoms with Crippen LogP contribution in [0.25, 0.3) is 0 Å². The molecular weight excluding hydrogens is 224 g/mol. The molecule has 0 saturated heterocycles. The van der Waals surface area contributed by atoms with Crippen molar-refractivity contribution >= 4 is 11.4 Å². The molecule has 1 aliphatic heterocycles. The molecule has 18 heavy (non-hydrogen) atoms. The Morgan fingerprint density at radius 1 is 1.39 bits per heavy atom. The van der Waals surface area contributed by atoms with E-state index in [9.17, 15) is 0 Å². The van der Waals surface area contributed by atoms with E-state index in [2.05, 4.69) is 35.3 Å². The normalized spacial score (nSPS) is 18.6. The van der Waals surface area contributed by atoms with E-state index >= 15 is 0 Å². The van der Waals surface area contributed by atoms with E-state index in [1.807, 2.05) is 0 Å². The van der Waals surface area contributed by atoms with E-state index in [1.54, 1.807) is 7.11 Å². The fraction of sp³-hybridized carbons (Fsp3) is 0.600. The monoisotopic (exact) mass is 246 g/mol. The van der Waals surface area contributed by atoms with Crippen LogP contribution < -0.4 is 10.2 Å². The second-order valence-electron chi connectivity index (χ2n) is 5.44. The van der Waals surface area contributed by atoms with Gasteiger partial charge in [-0.2, -0.15) is 0 Å². The summed E-state index contributed by atoms with van der Waals surface area (Å²) in [4.78, 5) is 2.36. The lowest BCUT2D eigenvalue weighted by atomic mass is 9.98. The second-order valence-corrected chi connectivity index (χ2v) is 5.44. The number of hydrogen-bond acceptors (Lipinski definition) is 3. The van der Waals surface area contributed by atoms with Gasteiger partial charge in [0.05, 0.1) is 6.61 Å². The van der Waals surface area contributed by atoms with Gasteiger partial charge in [0.15, 0.2) is 0 Å². The summed E-state index contributed by atoms with van der Waals surface area (Å²) < 4.78 is 5.17. The molecule has 3 rings (SSSR count). The maximum absolute atomic E-state index is 5.17. The number of likely N-dealkylation sites (N-methyl/N-ethyl adjacent to an activating group) is 1. The maximum Gasteiger partial charge on any atom is 0.0637 e. The molecule has 1 heterocycles. The third-order valence-corrected chi connectivity index (χ3v) is 4.36. The highest BCUT2D eigenvalue weighted by atomic mass is 16.5. The minimum Gasteiger partial charge on any atom is -0.384 e. The van der Waals surface area contributed by atoms with Crippen molar-refractivity contribution in [2.75, 3.05) is 43.6 Å². The van der Waals surface area contributed by atoms with Crippen LogP contribution in [-0.4, -0.2) is 33.4 Å². The molecular formula is C15H22N2O. The van der Waals surface area contributed by atoms with Crippen molar-refractivity contribution in [3.05, 3.63) is 23.8 Å². The molecule has 0 amide bonds. The van der Waals surface area contributed by atoms with Crippen molar-refractivity contribution in [1.82, 2.24) is 0 Å². The van der Waals surface area contributed by atoms with Crippen LogP contribution in [-0.2, 0) is 10.2 Å². The largest absolute Gasteiger partial charge is 0.384 e. The van der Waals surface area contributed by atoms with Crippen LogP contribution in [0.15, 0.2) is 18.2 Å². The second kappa shape index (κ2) is 4.47. The Labute approximate surface area is 109 Å². The minimum absolute atomic E-state index is 0.497. The molecule has 0 unspecified atom stereocenters. The van der Waals surface area contributed by atoms with Crippen LogP contribution in [0, 0.1) is 0 Å². The van der Waals surface area contributed by atoms with Crippen LogP contribution >= 0.6 is 0 Å². The Kier molecular flexibility index (Phi) is 2.94. The fourth-order valence-corrected chi connectivity index (χ4v) is 2.97. The number of benzene rings is 1. The standard InChI is InChI=1S/C15H22N2O/c1-3-17(8-9-18-2)12-4-5-13-14(10-12)16-11-15(13)6-7-15/h4-5,10,16H,3,6-9,11H2,1-2H3. The molecule has 98 valence electrons. The molecule has 1 N–H and O–H groups in total. The Morgan fingerprint density at radius 2 is 2.22 bits per heavy atom. The van der Waals surface area contributed by atoms with Gasteiger partial charge in [0, 0.05) is 43.5 Å². The van der Waals surface area contributed by atoms with Gasteiger partial charge in [0.25, 0.3) is 0 Å². The number of nitrogens with one attached hydrogen (secondary N) is 1. The summed E-state index contributed by atoms with van der Waals surface area (Å²) in [6.45, 7) is 6.08. The van der Waals surface area contributed by atoms with Gasteiger partial charge in [0.2, 0.25) is 0 Å². The predicted octanol–water partition coefficient (Wildman–Crippen LogP) is 2.62. The van der Waals surface area contributed by atoms with Crippen LogP contribution in [0.3, 0.4) is 0 Å². The average Bonchev–Trinajstić information content (AvgIpc) is 3.09. The van der Waals surface area contributed by atoms with Gasteiger partial charge in [-0.05, 0) is 37.5 Å². The van der Waals surface area contributed by atoms with Crippen LogP contribution in [0.4, 0.5) is 11.4 Å². The quantitative estimate of drug-likeness (QED) is 0.864. The number of fused-ring (bicyclic) bond motifs is 2. The fourth-order valence-electron chi connectivity index (χ4n) is 2.97. The van der Waals surface area contributed by atoms with Gasteiger partial charge >= 0.3 is 0 Å². The SMILES string of the molecule is CCN(CCOC)c1ccc2c(c1)NCC21CC1. The average molecular weight is 246 g/mol. The lowest BCUT2D eigenvalue weighted by molar-refractivity contribution is 0.205. The van der Waals surface area contributed by atoms with Gasteiger partial charge in [-0.1, -0.05) is 6.07 Å². The lowest BCUT2D eigenvalue weighted by Gasteiger charge is -2.23. The van der Waals surface area contributed by atoms with Gasteiger partial charge in [-0.15, -0.1) is 0 Å². The summed E-state index contributed by atoms with van der Waals surface area (Å²) in [6, 6.07) is 6.90. The zero-order valence-electron chi connectivity index (χ0n) is 11.3. The molecule has 1 saturated carbocycles. The summed E-state index contributed by atoms with van der Waals surface area (Å²) in [5, 5.41) is 3.57. The summed E-state index contributed by atoms with van der Waals surface area (Å²) in [5.41, 5.74) is 4.69. The van der Waals surface area contributed by atoms with E-state index in [4.69, 9.17) is 4.74 Å².